The number of aliphatic imine (C=N–C) groups is 1. The zero-order valence-corrected chi connectivity index (χ0v) is 18.3. The molecule has 1 heterocycles. The minimum Gasteiger partial charge on any atom is -0.357 e. The van der Waals surface area contributed by atoms with E-state index in [0.717, 1.165) is 19.5 Å². The molecule has 1 unspecified atom stereocenters. The molecule has 7 heteroatoms. The van der Waals surface area contributed by atoms with Crippen LogP contribution in [0.5, 0.6) is 0 Å². The molecule has 1 saturated heterocycles. The monoisotopic (exact) mass is 453 g/mol. The van der Waals surface area contributed by atoms with E-state index in [2.05, 4.69) is 32.8 Å². The van der Waals surface area contributed by atoms with Gasteiger partial charge in [0.05, 0.1) is 0 Å². The number of carbonyl (C=O) groups excluding carboxylic acids is 1. The van der Waals surface area contributed by atoms with Crippen LogP contribution in [-0.2, 0) is 4.79 Å². The van der Waals surface area contributed by atoms with Gasteiger partial charge in [-0.05, 0) is 60.0 Å². The van der Waals surface area contributed by atoms with Crippen molar-refractivity contribution in [3.8, 4) is 0 Å². The Morgan fingerprint density at radius 2 is 1.79 bits per heavy atom. The first-order chi connectivity index (χ1) is 10.9. The van der Waals surface area contributed by atoms with Crippen LogP contribution in [0.15, 0.2) is 4.99 Å². The number of hydrogen-bond donors (Lipinski definition) is 3. The molecule has 0 bridgehead atoms. The van der Waals surface area contributed by atoms with Crippen molar-refractivity contribution in [1.29, 1.82) is 0 Å². The van der Waals surface area contributed by atoms with Gasteiger partial charge in [-0.15, -0.1) is 24.0 Å². The number of likely N-dealkylation sites (tertiary alicyclic amines) is 1. The Bertz CT molecular complexity index is 389. The topological polar surface area (TPSA) is 68.8 Å². The fourth-order valence-electron chi connectivity index (χ4n) is 2.80. The molecule has 1 fully saturated rings. The van der Waals surface area contributed by atoms with Crippen molar-refractivity contribution in [2.75, 3.05) is 32.7 Å². The van der Waals surface area contributed by atoms with Crippen LogP contribution in [0.3, 0.4) is 0 Å². The second-order valence-corrected chi connectivity index (χ2v) is 7.18. The zero-order valence-electron chi connectivity index (χ0n) is 15.9. The minimum atomic E-state index is -0.221. The number of hydrogen-bond acceptors (Lipinski definition) is 3. The summed E-state index contributed by atoms with van der Waals surface area (Å²) < 4.78 is 0. The number of rotatable bonds is 7. The molecule has 0 radical (unpaired) electrons. The highest BCUT2D eigenvalue weighted by molar-refractivity contribution is 14.0. The highest BCUT2D eigenvalue weighted by atomic mass is 127. The van der Waals surface area contributed by atoms with E-state index in [4.69, 9.17) is 0 Å². The number of carbonyl (C=O) groups is 1. The average molecular weight is 453 g/mol. The Morgan fingerprint density at radius 3 is 2.29 bits per heavy atom. The summed E-state index contributed by atoms with van der Waals surface area (Å²) in [6.45, 7) is 14.4. The van der Waals surface area contributed by atoms with E-state index in [9.17, 15) is 4.79 Å². The van der Waals surface area contributed by atoms with Gasteiger partial charge in [0.2, 0.25) is 5.91 Å². The van der Waals surface area contributed by atoms with E-state index in [1.165, 1.54) is 25.9 Å². The van der Waals surface area contributed by atoms with Crippen molar-refractivity contribution >= 4 is 35.8 Å². The van der Waals surface area contributed by atoms with Gasteiger partial charge >= 0.3 is 0 Å². The maximum absolute atomic E-state index is 11.9. The lowest BCUT2D eigenvalue weighted by atomic mass is 10.1. The van der Waals surface area contributed by atoms with Crippen LogP contribution in [0.4, 0.5) is 0 Å². The predicted octanol–water partition coefficient (Wildman–Crippen LogP) is 1.95. The van der Waals surface area contributed by atoms with Crippen LogP contribution in [0, 0.1) is 0 Å². The number of nitrogens with one attached hydrogen (secondary N) is 3. The Labute approximate surface area is 164 Å². The summed E-state index contributed by atoms with van der Waals surface area (Å²) in [7, 11) is 0. The van der Waals surface area contributed by atoms with Crippen LogP contribution < -0.4 is 16.0 Å². The third-order valence-electron chi connectivity index (χ3n) is 3.87. The molecule has 0 saturated carbocycles. The van der Waals surface area contributed by atoms with Gasteiger partial charge in [-0.3, -0.25) is 9.69 Å². The molecule has 0 aromatic heterocycles. The molecular formula is C17H36IN5O. The van der Waals surface area contributed by atoms with Gasteiger partial charge < -0.3 is 16.0 Å². The largest absolute Gasteiger partial charge is 0.357 e. The third kappa shape index (κ3) is 9.66. The van der Waals surface area contributed by atoms with Gasteiger partial charge in [0.15, 0.2) is 5.96 Å². The first-order valence-corrected chi connectivity index (χ1v) is 8.93. The summed E-state index contributed by atoms with van der Waals surface area (Å²) in [6.07, 6.45) is 3.73. The van der Waals surface area contributed by atoms with Crippen molar-refractivity contribution in [3.05, 3.63) is 0 Å². The van der Waals surface area contributed by atoms with Gasteiger partial charge in [0.1, 0.15) is 6.54 Å². The maximum Gasteiger partial charge on any atom is 0.242 e. The molecule has 1 rings (SSSR count). The van der Waals surface area contributed by atoms with E-state index >= 15 is 0 Å². The van der Waals surface area contributed by atoms with Crippen molar-refractivity contribution in [3.63, 3.8) is 0 Å². The standard InChI is InChI=1S/C17H35N5O.HI/c1-6-14(22-10-8-9-11-22)12-19-16(18-7-2)20-13-15(23)21-17(3,4)5;/h14H,6-13H2,1-5H3,(H,21,23)(H2,18,19,20);1H. The third-order valence-corrected chi connectivity index (χ3v) is 3.87. The van der Waals surface area contributed by atoms with Gasteiger partial charge in [0, 0.05) is 24.7 Å². The fraction of sp³-hybridized carbons (Fsp3) is 0.882. The Morgan fingerprint density at radius 1 is 1.17 bits per heavy atom. The summed E-state index contributed by atoms with van der Waals surface area (Å²) in [5, 5.41) is 9.52. The first-order valence-electron chi connectivity index (χ1n) is 8.93. The fourth-order valence-corrected chi connectivity index (χ4v) is 2.80. The summed E-state index contributed by atoms with van der Waals surface area (Å²) in [6, 6.07) is 0.532. The molecular weight excluding hydrogens is 417 g/mol. The lowest BCUT2D eigenvalue weighted by molar-refractivity contribution is -0.121. The summed E-state index contributed by atoms with van der Waals surface area (Å²) in [4.78, 5) is 18.8. The summed E-state index contributed by atoms with van der Waals surface area (Å²) >= 11 is 0. The second kappa shape index (κ2) is 11.9. The Kier molecular flexibility index (Phi) is 11.6. The van der Waals surface area contributed by atoms with E-state index in [1.807, 2.05) is 27.7 Å². The van der Waals surface area contributed by atoms with E-state index in [0.29, 0.717) is 12.0 Å². The molecule has 24 heavy (non-hydrogen) atoms. The lowest BCUT2D eigenvalue weighted by Gasteiger charge is -2.27. The Hall–Kier alpha value is -0.570. The molecule has 3 N–H and O–H groups in total. The maximum atomic E-state index is 11.9. The summed E-state index contributed by atoms with van der Waals surface area (Å²) in [5.41, 5.74) is -0.221. The predicted molar refractivity (Wildman–Crippen MR) is 112 cm³/mol. The molecule has 1 amide bonds. The van der Waals surface area contributed by atoms with Gasteiger partial charge in [-0.2, -0.15) is 0 Å². The summed E-state index contributed by atoms with van der Waals surface area (Å²) in [5.74, 6) is 0.662. The molecule has 0 aromatic rings. The molecule has 1 atom stereocenters. The molecule has 0 aliphatic carbocycles. The number of halogens is 1. The molecule has 1 aliphatic rings. The molecule has 0 spiro atoms. The minimum absolute atomic E-state index is 0. The first kappa shape index (κ1) is 23.4. The van der Waals surface area contributed by atoms with Gasteiger partial charge in [-0.25, -0.2) is 4.99 Å². The average Bonchev–Trinajstić information content (AvgIpc) is 2.97. The van der Waals surface area contributed by atoms with Crippen LogP contribution in [0.25, 0.3) is 0 Å². The van der Waals surface area contributed by atoms with E-state index < -0.39 is 0 Å². The highest BCUT2D eigenvalue weighted by Gasteiger charge is 2.20. The van der Waals surface area contributed by atoms with E-state index in [-0.39, 0.29) is 42.0 Å². The van der Waals surface area contributed by atoms with Crippen LogP contribution in [0.1, 0.15) is 53.9 Å². The van der Waals surface area contributed by atoms with Gasteiger partial charge in [0.25, 0.3) is 0 Å². The molecule has 6 nitrogen and oxygen atoms in total. The van der Waals surface area contributed by atoms with Crippen LogP contribution >= 0.6 is 24.0 Å². The normalized spacial score (nSPS) is 17.1. The number of nitrogens with zero attached hydrogens (tertiary/aromatic N) is 2. The van der Waals surface area contributed by atoms with Crippen molar-refractivity contribution < 1.29 is 4.79 Å². The molecule has 1 aliphatic heterocycles. The number of guanidine groups is 1. The van der Waals surface area contributed by atoms with E-state index in [1.54, 1.807) is 0 Å². The number of amides is 1. The smallest absolute Gasteiger partial charge is 0.242 e. The lowest BCUT2D eigenvalue weighted by Crippen LogP contribution is -2.47. The van der Waals surface area contributed by atoms with Crippen LogP contribution in [-0.4, -0.2) is 61.1 Å². The van der Waals surface area contributed by atoms with Crippen molar-refractivity contribution in [1.82, 2.24) is 20.9 Å². The molecule has 0 aromatic carbocycles. The highest BCUT2D eigenvalue weighted by Crippen LogP contribution is 2.13. The Balaban J connectivity index is 0.00000529. The quantitative estimate of drug-likeness (QED) is 0.313. The van der Waals surface area contributed by atoms with Crippen molar-refractivity contribution in [2.24, 2.45) is 4.99 Å². The van der Waals surface area contributed by atoms with Gasteiger partial charge in [-0.1, -0.05) is 6.92 Å². The SMILES string of the molecule is CCNC(=NCC(=O)NC(C)(C)C)NCC(CC)N1CCCC1.I. The molecule has 142 valence electrons. The van der Waals surface area contributed by atoms with Crippen molar-refractivity contribution in [2.45, 2.75) is 65.5 Å². The van der Waals surface area contributed by atoms with Crippen LogP contribution in [0.2, 0.25) is 0 Å². The zero-order chi connectivity index (χ0) is 17.3. The second-order valence-electron chi connectivity index (χ2n) is 7.18.